The SMILES string of the molecule is COc1c(Nc2cc(NC(=O)C3CC3)ncc2C(N)=O)cccc1-c1cnn([C@H]2CCC[C@@H]2F)c1. The zero-order chi connectivity index (χ0) is 24.5. The molecule has 10 heteroatoms. The molecule has 2 aromatic heterocycles. The molecular formula is C25H27FN6O3. The molecule has 35 heavy (non-hydrogen) atoms. The van der Waals surface area contributed by atoms with Crippen LogP contribution in [-0.2, 0) is 4.79 Å². The van der Waals surface area contributed by atoms with E-state index >= 15 is 0 Å². The van der Waals surface area contributed by atoms with Crippen LogP contribution in [0.3, 0.4) is 0 Å². The fourth-order valence-electron chi connectivity index (χ4n) is 4.48. The van der Waals surface area contributed by atoms with Gasteiger partial charge in [0.1, 0.15) is 17.7 Å². The van der Waals surface area contributed by atoms with Crippen LogP contribution in [0.15, 0.2) is 42.9 Å². The van der Waals surface area contributed by atoms with E-state index in [1.807, 2.05) is 18.3 Å². The normalized spacial score (nSPS) is 19.4. The van der Waals surface area contributed by atoms with E-state index in [2.05, 4.69) is 20.7 Å². The monoisotopic (exact) mass is 478 g/mol. The molecule has 2 fully saturated rings. The maximum absolute atomic E-state index is 14.2. The summed E-state index contributed by atoms with van der Waals surface area (Å²) in [4.78, 5) is 28.4. The van der Waals surface area contributed by atoms with Gasteiger partial charge >= 0.3 is 0 Å². The van der Waals surface area contributed by atoms with Crippen molar-refractivity contribution in [1.29, 1.82) is 0 Å². The maximum Gasteiger partial charge on any atom is 0.252 e. The molecule has 182 valence electrons. The number of carbonyl (C=O) groups excluding carboxylic acids is 2. The standard InChI is InChI=1S/C25H27FN6O3/c1-35-23-16(15-11-29-32(13-15)21-7-3-5-18(21)26)4-2-6-19(23)30-20-10-22(28-12-17(20)24(27)33)31-25(34)14-8-9-14/h2,4,6,10-14,18,21H,3,5,7-9H2,1H3,(H2,27,33)(H2,28,30,31,34)/t18-,21-/m0/s1. The highest BCUT2D eigenvalue weighted by atomic mass is 19.1. The number of para-hydroxylation sites is 1. The Morgan fingerprint density at radius 1 is 1.17 bits per heavy atom. The highest BCUT2D eigenvalue weighted by Crippen LogP contribution is 2.40. The fourth-order valence-corrected chi connectivity index (χ4v) is 4.48. The summed E-state index contributed by atoms with van der Waals surface area (Å²) in [6.07, 6.45) is 7.86. The van der Waals surface area contributed by atoms with Crippen molar-refractivity contribution in [1.82, 2.24) is 14.8 Å². The van der Waals surface area contributed by atoms with Crippen LogP contribution in [0.4, 0.5) is 21.6 Å². The number of benzene rings is 1. The van der Waals surface area contributed by atoms with E-state index in [9.17, 15) is 14.0 Å². The summed E-state index contributed by atoms with van der Waals surface area (Å²) in [5.74, 6) is 0.103. The van der Waals surface area contributed by atoms with Crippen molar-refractivity contribution in [3.8, 4) is 16.9 Å². The highest BCUT2D eigenvalue weighted by Gasteiger charge is 2.30. The van der Waals surface area contributed by atoms with Crippen LogP contribution < -0.4 is 21.1 Å². The average Bonchev–Trinajstić information content (AvgIpc) is 3.44. The molecule has 0 radical (unpaired) electrons. The lowest BCUT2D eigenvalue weighted by Crippen LogP contribution is -2.17. The summed E-state index contributed by atoms with van der Waals surface area (Å²) < 4.78 is 21.6. The van der Waals surface area contributed by atoms with E-state index in [1.165, 1.54) is 6.20 Å². The van der Waals surface area contributed by atoms with Gasteiger partial charge in [0.2, 0.25) is 5.91 Å². The number of nitrogens with zero attached hydrogens (tertiary/aromatic N) is 3. The number of alkyl halides is 1. The summed E-state index contributed by atoms with van der Waals surface area (Å²) in [5.41, 5.74) is 8.24. The van der Waals surface area contributed by atoms with Crippen LogP contribution in [-0.4, -0.2) is 39.9 Å². The first-order chi connectivity index (χ1) is 16.9. The number of hydrogen-bond donors (Lipinski definition) is 3. The molecule has 0 bridgehead atoms. The van der Waals surface area contributed by atoms with E-state index in [-0.39, 0.29) is 23.4 Å². The molecule has 2 amide bonds. The highest BCUT2D eigenvalue weighted by molar-refractivity contribution is 6.01. The molecule has 0 unspecified atom stereocenters. The molecule has 0 aliphatic heterocycles. The van der Waals surface area contributed by atoms with Gasteiger partial charge in [0.15, 0.2) is 0 Å². The lowest BCUT2D eigenvalue weighted by atomic mass is 10.1. The molecule has 0 spiro atoms. The van der Waals surface area contributed by atoms with Gasteiger partial charge in [-0.25, -0.2) is 9.37 Å². The van der Waals surface area contributed by atoms with Crippen molar-refractivity contribution in [2.75, 3.05) is 17.7 Å². The number of halogens is 1. The zero-order valence-corrected chi connectivity index (χ0v) is 19.3. The quantitative estimate of drug-likeness (QED) is 0.446. The number of aromatic nitrogens is 3. The third-order valence-corrected chi connectivity index (χ3v) is 6.51. The van der Waals surface area contributed by atoms with Gasteiger partial charge in [0, 0.05) is 35.5 Å². The Hall–Kier alpha value is -3.95. The Kier molecular flexibility index (Phi) is 6.10. The molecule has 4 N–H and O–H groups in total. The number of primary amides is 1. The first-order valence-corrected chi connectivity index (χ1v) is 11.7. The van der Waals surface area contributed by atoms with E-state index in [4.69, 9.17) is 10.5 Å². The van der Waals surface area contributed by atoms with Gasteiger partial charge in [-0.2, -0.15) is 5.10 Å². The fraction of sp³-hybridized carbons (Fsp3) is 0.360. The third-order valence-electron chi connectivity index (χ3n) is 6.51. The number of hydrogen-bond acceptors (Lipinski definition) is 6. The Bertz CT molecular complexity index is 1270. The number of nitrogens with two attached hydrogens (primary N) is 1. The Labute approximate surface area is 201 Å². The summed E-state index contributed by atoms with van der Waals surface area (Å²) in [7, 11) is 1.55. The predicted octanol–water partition coefficient (Wildman–Crippen LogP) is 4.21. The van der Waals surface area contributed by atoms with Crippen LogP contribution in [0.2, 0.25) is 0 Å². The van der Waals surface area contributed by atoms with Crippen molar-refractivity contribution >= 4 is 29.0 Å². The zero-order valence-electron chi connectivity index (χ0n) is 19.3. The van der Waals surface area contributed by atoms with Crippen molar-refractivity contribution in [3.05, 3.63) is 48.4 Å². The summed E-state index contributed by atoms with van der Waals surface area (Å²) >= 11 is 0. The minimum atomic E-state index is -0.897. The molecule has 2 aliphatic rings. The molecule has 2 saturated carbocycles. The number of rotatable bonds is 8. The minimum Gasteiger partial charge on any atom is -0.494 e. The summed E-state index contributed by atoms with van der Waals surface area (Å²) in [6.45, 7) is 0. The minimum absolute atomic E-state index is 0.0126. The second-order valence-corrected chi connectivity index (χ2v) is 8.98. The van der Waals surface area contributed by atoms with Gasteiger partial charge < -0.3 is 21.1 Å². The molecule has 2 heterocycles. The van der Waals surface area contributed by atoms with Gasteiger partial charge in [-0.15, -0.1) is 0 Å². The smallest absolute Gasteiger partial charge is 0.252 e. The van der Waals surface area contributed by atoms with Gasteiger partial charge in [0.05, 0.1) is 36.3 Å². The molecule has 0 saturated heterocycles. The average molecular weight is 479 g/mol. The van der Waals surface area contributed by atoms with Crippen molar-refractivity contribution in [2.45, 2.75) is 44.3 Å². The van der Waals surface area contributed by atoms with Gasteiger partial charge in [-0.3, -0.25) is 14.3 Å². The van der Waals surface area contributed by atoms with E-state index in [1.54, 1.807) is 30.1 Å². The first kappa shape index (κ1) is 22.8. The second kappa shape index (κ2) is 9.36. The molecule has 9 nitrogen and oxygen atoms in total. The van der Waals surface area contributed by atoms with Gasteiger partial charge in [-0.1, -0.05) is 12.1 Å². The topological polar surface area (TPSA) is 124 Å². The van der Waals surface area contributed by atoms with E-state index in [0.717, 1.165) is 36.8 Å². The molecule has 2 aliphatic carbocycles. The number of carbonyl (C=O) groups is 2. The Morgan fingerprint density at radius 3 is 2.69 bits per heavy atom. The molecule has 2 atom stereocenters. The van der Waals surface area contributed by atoms with Crippen LogP contribution >= 0.6 is 0 Å². The lowest BCUT2D eigenvalue weighted by Gasteiger charge is -2.17. The lowest BCUT2D eigenvalue weighted by molar-refractivity contribution is -0.117. The van der Waals surface area contributed by atoms with Gasteiger partial charge in [0.25, 0.3) is 5.91 Å². The number of pyridine rings is 1. The largest absolute Gasteiger partial charge is 0.494 e. The van der Waals surface area contributed by atoms with E-state index < -0.39 is 12.1 Å². The number of ether oxygens (including phenoxy) is 1. The number of nitrogens with one attached hydrogen (secondary N) is 2. The van der Waals surface area contributed by atoms with Crippen molar-refractivity contribution < 1.29 is 18.7 Å². The third kappa shape index (κ3) is 4.68. The number of methoxy groups -OCH3 is 1. The molecule has 1 aromatic carbocycles. The second-order valence-electron chi connectivity index (χ2n) is 8.98. The number of anilines is 3. The molecular weight excluding hydrogens is 451 g/mol. The summed E-state index contributed by atoms with van der Waals surface area (Å²) in [5, 5.41) is 10.4. The van der Waals surface area contributed by atoms with Crippen molar-refractivity contribution in [2.24, 2.45) is 11.7 Å². The van der Waals surface area contributed by atoms with Crippen LogP contribution in [0, 0.1) is 5.92 Å². The van der Waals surface area contributed by atoms with Gasteiger partial charge in [-0.05, 0) is 38.2 Å². The predicted molar refractivity (Wildman–Crippen MR) is 129 cm³/mol. The van der Waals surface area contributed by atoms with Crippen LogP contribution in [0.1, 0.15) is 48.5 Å². The maximum atomic E-state index is 14.2. The van der Waals surface area contributed by atoms with Crippen molar-refractivity contribution in [3.63, 3.8) is 0 Å². The molecule has 3 aromatic rings. The Balaban J connectivity index is 1.46. The summed E-state index contributed by atoms with van der Waals surface area (Å²) in [6, 6.07) is 6.85. The molecule has 5 rings (SSSR count). The number of amides is 2. The van der Waals surface area contributed by atoms with Crippen LogP contribution in [0.5, 0.6) is 5.75 Å². The van der Waals surface area contributed by atoms with Crippen LogP contribution in [0.25, 0.3) is 11.1 Å². The first-order valence-electron chi connectivity index (χ1n) is 11.7. The Morgan fingerprint density at radius 2 is 2.00 bits per heavy atom. The van der Waals surface area contributed by atoms with E-state index in [0.29, 0.717) is 29.4 Å².